The highest BCUT2D eigenvalue weighted by Gasteiger charge is 2.17. The van der Waals surface area contributed by atoms with E-state index in [1.807, 2.05) is 27.7 Å². The van der Waals surface area contributed by atoms with Crippen LogP contribution in [-0.4, -0.2) is 17.7 Å². The Morgan fingerprint density at radius 1 is 1.43 bits per heavy atom. The van der Waals surface area contributed by atoms with E-state index in [0.717, 1.165) is 19.3 Å². The van der Waals surface area contributed by atoms with Crippen molar-refractivity contribution < 1.29 is 9.53 Å². The fourth-order valence-electron chi connectivity index (χ4n) is 1.09. The summed E-state index contributed by atoms with van der Waals surface area (Å²) in [7, 11) is 0. The third-order valence-corrected chi connectivity index (χ3v) is 1.75. The molecule has 0 aromatic heterocycles. The number of ether oxygens (including phenoxy) is 1. The number of unbranched alkanes of at least 4 members (excludes halogenated alkanes) is 1. The number of alkyl carbamates (subject to hydrolysis) is 1. The normalized spacial score (nSPS) is 13.5. The Morgan fingerprint density at radius 2 is 2.00 bits per heavy atom. The van der Waals surface area contributed by atoms with Gasteiger partial charge in [0.15, 0.2) is 0 Å². The lowest BCUT2D eigenvalue weighted by atomic mass is 10.1. The highest BCUT2D eigenvalue weighted by atomic mass is 16.6. The first-order valence-corrected chi connectivity index (χ1v) is 5.34. The van der Waals surface area contributed by atoms with Crippen molar-refractivity contribution in [2.75, 3.05) is 0 Å². The lowest BCUT2D eigenvalue weighted by Gasteiger charge is -2.21. The Bertz CT molecular complexity index is 173. The summed E-state index contributed by atoms with van der Waals surface area (Å²) in [6.07, 6.45) is 2.98. The second-order valence-electron chi connectivity index (χ2n) is 4.69. The van der Waals surface area contributed by atoms with E-state index >= 15 is 0 Å². The molecule has 0 aliphatic carbocycles. The second kappa shape index (κ2) is 5.89. The number of amides is 1. The van der Waals surface area contributed by atoms with Gasteiger partial charge in [0.05, 0.1) is 0 Å². The number of hydrogen-bond donors (Lipinski definition) is 1. The molecule has 0 fully saturated rings. The van der Waals surface area contributed by atoms with Gasteiger partial charge < -0.3 is 10.1 Å². The molecule has 0 saturated heterocycles. The second-order valence-corrected chi connectivity index (χ2v) is 4.69. The third-order valence-electron chi connectivity index (χ3n) is 1.75. The highest BCUT2D eigenvalue weighted by Crippen LogP contribution is 2.07. The van der Waals surface area contributed by atoms with Crippen molar-refractivity contribution >= 4 is 6.09 Å². The maximum atomic E-state index is 11.3. The Hall–Kier alpha value is -0.730. The van der Waals surface area contributed by atoms with E-state index in [4.69, 9.17) is 4.74 Å². The average Bonchev–Trinajstić information content (AvgIpc) is 1.96. The molecule has 3 nitrogen and oxygen atoms in total. The molecule has 14 heavy (non-hydrogen) atoms. The summed E-state index contributed by atoms with van der Waals surface area (Å²) >= 11 is 0. The van der Waals surface area contributed by atoms with Gasteiger partial charge in [-0.25, -0.2) is 4.79 Å². The van der Waals surface area contributed by atoms with Crippen LogP contribution in [0.15, 0.2) is 0 Å². The molecule has 1 N–H and O–H groups in total. The molecule has 3 heteroatoms. The summed E-state index contributed by atoms with van der Waals surface area (Å²) < 4.78 is 5.14. The molecule has 0 aliphatic rings. The van der Waals surface area contributed by atoms with E-state index in [2.05, 4.69) is 12.2 Å². The number of carbonyl (C=O) groups excluding carboxylic acids is 1. The Balaban J connectivity index is 3.71. The minimum absolute atomic E-state index is 0.199. The Labute approximate surface area is 87.2 Å². The van der Waals surface area contributed by atoms with Crippen LogP contribution in [0.4, 0.5) is 4.79 Å². The number of carbonyl (C=O) groups is 1. The molecule has 0 rings (SSSR count). The molecular formula is C11H23NO2. The van der Waals surface area contributed by atoms with Crippen LogP contribution >= 0.6 is 0 Å². The minimum atomic E-state index is -0.408. The van der Waals surface area contributed by atoms with E-state index in [9.17, 15) is 4.79 Å². The van der Waals surface area contributed by atoms with Crippen LogP contribution < -0.4 is 5.32 Å². The van der Waals surface area contributed by atoms with Crippen LogP contribution in [0.3, 0.4) is 0 Å². The van der Waals surface area contributed by atoms with E-state index in [-0.39, 0.29) is 12.1 Å². The van der Waals surface area contributed by atoms with E-state index in [0.29, 0.717) is 0 Å². The fourth-order valence-corrected chi connectivity index (χ4v) is 1.09. The van der Waals surface area contributed by atoms with Crippen molar-refractivity contribution in [1.29, 1.82) is 0 Å². The molecule has 1 amide bonds. The van der Waals surface area contributed by atoms with Gasteiger partial charge in [-0.2, -0.15) is 0 Å². The van der Waals surface area contributed by atoms with Crippen molar-refractivity contribution in [3.63, 3.8) is 0 Å². The quantitative estimate of drug-likeness (QED) is 0.759. The first-order valence-electron chi connectivity index (χ1n) is 5.34. The third kappa shape index (κ3) is 7.90. The van der Waals surface area contributed by atoms with Crippen molar-refractivity contribution in [2.45, 2.75) is 65.5 Å². The van der Waals surface area contributed by atoms with Gasteiger partial charge in [-0.15, -0.1) is 0 Å². The molecule has 0 aromatic rings. The summed E-state index contributed by atoms with van der Waals surface area (Å²) in [5, 5.41) is 2.81. The summed E-state index contributed by atoms with van der Waals surface area (Å²) in [4.78, 5) is 11.3. The van der Waals surface area contributed by atoms with Crippen molar-refractivity contribution in [3.05, 3.63) is 0 Å². The van der Waals surface area contributed by atoms with Gasteiger partial charge >= 0.3 is 6.09 Å². The monoisotopic (exact) mass is 201 g/mol. The van der Waals surface area contributed by atoms with Gasteiger partial charge in [0.25, 0.3) is 0 Å². The van der Waals surface area contributed by atoms with Gasteiger partial charge in [0.1, 0.15) is 5.60 Å². The molecule has 0 heterocycles. The van der Waals surface area contributed by atoms with Gasteiger partial charge in [0, 0.05) is 6.04 Å². The van der Waals surface area contributed by atoms with Crippen molar-refractivity contribution in [1.82, 2.24) is 5.32 Å². The zero-order valence-electron chi connectivity index (χ0n) is 10.0. The predicted octanol–water partition coefficient (Wildman–Crippen LogP) is 3.09. The molecular weight excluding hydrogens is 178 g/mol. The summed E-state index contributed by atoms with van der Waals surface area (Å²) in [5.74, 6) is 0. The highest BCUT2D eigenvalue weighted by molar-refractivity contribution is 5.67. The molecule has 0 spiro atoms. The van der Waals surface area contributed by atoms with Crippen LogP contribution in [0.5, 0.6) is 0 Å². The van der Waals surface area contributed by atoms with Gasteiger partial charge in [-0.1, -0.05) is 19.8 Å². The van der Waals surface area contributed by atoms with E-state index in [1.165, 1.54) is 0 Å². The van der Waals surface area contributed by atoms with Crippen LogP contribution in [0.2, 0.25) is 0 Å². The standard InChI is InChI=1S/C11H23NO2/c1-6-7-8-9(2)12-10(13)14-11(3,4)5/h9H,6-8H2,1-5H3,(H,12,13)/t9-/m0/s1. The van der Waals surface area contributed by atoms with Crippen molar-refractivity contribution in [2.24, 2.45) is 0 Å². The van der Waals surface area contributed by atoms with Crippen LogP contribution in [0.1, 0.15) is 53.9 Å². The molecule has 0 aromatic carbocycles. The maximum absolute atomic E-state index is 11.3. The smallest absolute Gasteiger partial charge is 0.407 e. The SMILES string of the molecule is CCCC[C@H](C)NC(=O)OC(C)(C)C. The molecule has 0 bridgehead atoms. The number of nitrogens with one attached hydrogen (secondary N) is 1. The Morgan fingerprint density at radius 3 is 2.43 bits per heavy atom. The largest absolute Gasteiger partial charge is 0.444 e. The first-order chi connectivity index (χ1) is 6.35. The molecule has 0 aliphatic heterocycles. The minimum Gasteiger partial charge on any atom is -0.444 e. The summed E-state index contributed by atoms with van der Waals surface area (Å²) in [6.45, 7) is 9.73. The molecule has 1 atom stereocenters. The Kier molecular flexibility index (Phi) is 5.58. The summed E-state index contributed by atoms with van der Waals surface area (Å²) in [5.41, 5.74) is -0.408. The van der Waals surface area contributed by atoms with Crippen molar-refractivity contribution in [3.8, 4) is 0 Å². The van der Waals surface area contributed by atoms with Gasteiger partial charge in [0.2, 0.25) is 0 Å². The molecule has 84 valence electrons. The van der Waals surface area contributed by atoms with Crippen LogP contribution in [0, 0.1) is 0 Å². The molecule has 0 saturated carbocycles. The average molecular weight is 201 g/mol. The molecule has 0 unspecified atom stereocenters. The predicted molar refractivity (Wildman–Crippen MR) is 58.4 cm³/mol. The topological polar surface area (TPSA) is 38.3 Å². The number of rotatable bonds is 4. The van der Waals surface area contributed by atoms with E-state index in [1.54, 1.807) is 0 Å². The maximum Gasteiger partial charge on any atom is 0.407 e. The van der Waals surface area contributed by atoms with Crippen LogP contribution in [-0.2, 0) is 4.74 Å². The lowest BCUT2D eigenvalue weighted by molar-refractivity contribution is 0.0506. The molecule has 0 radical (unpaired) electrons. The van der Waals surface area contributed by atoms with Gasteiger partial charge in [-0.3, -0.25) is 0 Å². The first kappa shape index (κ1) is 13.3. The van der Waals surface area contributed by atoms with Crippen LogP contribution in [0.25, 0.3) is 0 Å². The number of hydrogen-bond acceptors (Lipinski definition) is 2. The van der Waals surface area contributed by atoms with Gasteiger partial charge in [-0.05, 0) is 34.1 Å². The zero-order chi connectivity index (χ0) is 11.2. The summed E-state index contributed by atoms with van der Waals surface area (Å²) in [6, 6.07) is 0.199. The van der Waals surface area contributed by atoms with E-state index < -0.39 is 5.60 Å². The fraction of sp³-hybridized carbons (Fsp3) is 0.909. The lowest BCUT2D eigenvalue weighted by Crippen LogP contribution is -2.37. The zero-order valence-corrected chi connectivity index (χ0v) is 10.0.